The van der Waals surface area contributed by atoms with E-state index in [-0.39, 0.29) is 0 Å². The normalized spacial score (nSPS) is 14.6. The Labute approximate surface area is 134 Å². The van der Waals surface area contributed by atoms with Crippen LogP contribution >= 0.6 is 23.1 Å². The van der Waals surface area contributed by atoms with Crippen LogP contribution in [-0.4, -0.2) is 25.3 Å². The van der Waals surface area contributed by atoms with E-state index in [1.165, 1.54) is 11.8 Å². The molecule has 9 heteroatoms. The molecule has 1 fully saturated rings. The van der Waals surface area contributed by atoms with Crippen LogP contribution in [0.5, 0.6) is 0 Å². The molecule has 0 unspecified atom stereocenters. The summed E-state index contributed by atoms with van der Waals surface area (Å²) in [6.45, 7) is 1.98. The third-order valence-corrected chi connectivity index (χ3v) is 4.82. The molecule has 0 aromatic carbocycles. The maximum Gasteiger partial charge on any atom is 0.277 e. The van der Waals surface area contributed by atoms with Crippen LogP contribution in [0.25, 0.3) is 0 Å². The fourth-order valence-corrected chi connectivity index (χ4v) is 3.20. The molecule has 0 radical (unpaired) electrons. The van der Waals surface area contributed by atoms with Crippen LogP contribution in [-0.2, 0) is 12.2 Å². The van der Waals surface area contributed by atoms with Crippen molar-refractivity contribution in [2.24, 2.45) is 0 Å². The Morgan fingerprint density at radius 1 is 1.32 bits per heavy atom. The van der Waals surface area contributed by atoms with Gasteiger partial charge in [0.1, 0.15) is 0 Å². The number of thioether (sulfide) groups is 1. The maximum absolute atomic E-state index is 5.60. The van der Waals surface area contributed by atoms with Crippen LogP contribution < -0.4 is 0 Å². The molecule has 0 aliphatic heterocycles. The molecule has 7 nitrogen and oxygen atoms in total. The zero-order chi connectivity index (χ0) is 14.9. The van der Waals surface area contributed by atoms with E-state index < -0.39 is 0 Å². The van der Waals surface area contributed by atoms with Gasteiger partial charge in [-0.1, -0.05) is 16.9 Å². The van der Waals surface area contributed by atoms with Crippen molar-refractivity contribution in [3.8, 4) is 0 Å². The summed E-state index contributed by atoms with van der Waals surface area (Å²) >= 11 is 3.03. The van der Waals surface area contributed by atoms with Crippen LogP contribution in [0, 0.1) is 6.92 Å². The predicted molar refractivity (Wildman–Crippen MR) is 79.8 cm³/mol. The fourth-order valence-electron chi connectivity index (χ4n) is 1.96. The molecular formula is C13H13N5O2S2. The number of nitrogens with zero attached hydrogens (tertiary/aromatic N) is 5. The molecule has 1 saturated carbocycles. The van der Waals surface area contributed by atoms with E-state index in [0.717, 1.165) is 29.4 Å². The molecule has 1 aliphatic rings. The van der Waals surface area contributed by atoms with Crippen LogP contribution in [0.1, 0.15) is 47.1 Å². The average Bonchev–Trinajstić information content (AvgIpc) is 2.91. The summed E-state index contributed by atoms with van der Waals surface area (Å²) < 4.78 is 10.8. The SMILES string of the molecule is Cc1nc(Cc2nnc(SCc3noc(C4CC4)n3)o2)cs1. The van der Waals surface area contributed by atoms with Crippen molar-refractivity contribution in [1.82, 2.24) is 25.3 Å². The standard InChI is InChI=1S/C13H13N5O2S2/c1-7-14-9(5-21-7)4-11-16-17-13(19-11)22-6-10-15-12(20-18-10)8-2-3-8/h5,8H,2-4,6H2,1H3. The fraction of sp³-hybridized carbons (Fsp3) is 0.462. The van der Waals surface area contributed by atoms with Crippen molar-refractivity contribution >= 4 is 23.1 Å². The lowest BCUT2D eigenvalue weighted by molar-refractivity contribution is 0.375. The quantitative estimate of drug-likeness (QED) is 0.635. The van der Waals surface area contributed by atoms with Crippen LogP contribution in [0.3, 0.4) is 0 Å². The minimum Gasteiger partial charge on any atom is -0.416 e. The number of aromatic nitrogens is 5. The van der Waals surface area contributed by atoms with Crippen LogP contribution in [0.4, 0.5) is 0 Å². The van der Waals surface area contributed by atoms with Gasteiger partial charge in [-0.2, -0.15) is 4.98 Å². The van der Waals surface area contributed by atoms with Crippen molar-refractivity contribution in [1.29, 1.82) is 0 Å². The first-order valence-corrected chi connectivity index (χ1v) is 8.81. The first-order valence-electron chi connectivity index (χ1n) is 6.95. The molecule has 0 spiro atoms. The first kappa shape index (κ1) is 13.9. The molecule has 3 heterocycles. The second-order valence-electron chi connectivity index (χ2n) is 5.11. The van der Waals surface area contributed by atoms with E-state index in [1.807, 2.05) is 12.3 Å². The van der Waals surface area contributed by atoms with Crippen molar-refractivity contribution in [2.75, 3.05) is 0 Å². The van der Waals surface area contributed by atoms with Gasteiger partial charge in [0.05, 0.1) is 22.9 Å². The van der Waals surface area contributed by atoms with E-state index in [1.54, 1.807) is 11.3 Å². The number of hydrogen-bond donors (Lipinski definition) is 0. The Hall–Kier alpha value is -1.74. The molecule has 22 heavy (non-hydrogen) atoms. The molecule has 3 aromatic heterocycles. The topological polar surface area (TPSA) is 90.7 Å². The van der Waals surface area contributed by atoms with E-state index in [9.17, 15) is 0 Å². The second kappa shape index (κ2) is 5.81. The summed E-state index contributed by atoms with van der Waals surface area (Å²) in [5, 5.41) is 15.6. The van der Waals surface area contributed by atoms with Gasteiger partial charge in [-0.15, -0.1) is 21.5 Å². The van der Waals surface area contributed by atoms with E-state index >= 15 is 0 Å². The van der Waals surface area contributed by atoms with Gasteiger partial charge >= 0.3 is 0 Å². The second-order valence-corrected chi connectivity index (χ2v) is 7.10. The zero-order valence-electron chi connectivity index (χ0n) is 11.9. The molecule has 1 aliphatic carbocycles. The molecule has 3 aromatic rings. The molecule has 0 bridgehead atoms. The van der Waals surface area contributed by atoms with Gasteiger partial charge in [0, 0.05) is 11.3 Å². The Morgan fingerprint density at radius 3 is 3.00 bits per heavy atom. The molecule has 0 saturated heterocycles. The summed E-state index contributed by atoms with van der Waals surface area (Å²) in [6, 6.07) is 0. The monoisotopic (exact) mass is 335 g/mol. The van der Waals surface area contributed by atoms with Crippen LogP contribution in [0.15, 0.2) is 19.5 Å². The smallest absolute Gasteiger partial charge is 0.277 e. The van der Waals surface area contributed by atoms with Gasteiger partial charge in [0.25, 0.3) is 5.22 Å². The van der Waals surface area contributed by atoms with Gasteiger partial charge < -0.3 is 8.94 Å². The average molecular weight is 335 g/mol. The molecule has 0 amide bonds. The van der Waals surface area contributed by atoms with Crippen molar-refractivity contribution < 1.29 is 8.94 Å². The third-order valence-electron chi connectivity index (χ3n) is 3.18. The lowest BCUT2D eigenvalue weighted by Gasteiger charge is -1.90. The van der Waals surface area contributed by atoms with E-state index in [2.05, 4.69) is 25.3 Å². The summed E-state index contributed by atoms with van der Waals surface area (Å²) in [4.78, 5) is 8.75. The highest BCUT2D eigenvalue weighted by Gasteiger charge is 2.29. The van der Waals surface area contributed by atoms with Gasteiger partial charge in [-0.25, -0.2) is 4.98 Å². The van der Waals surface area contributed by atoms with Crippen molar-refractivity contribution in [3.05, 3.63) is 33.7 Å². The molecular weight excluding hydrogens is 322 g/mol. The third kappa shape index (κ3) is 3.20. The molecule has 4 rings (SSSR count). The first-order chi connectivity index (χ1) is 10.8. The summed E-state index contributed by atoms with van der Waals surface area (Å²) in [5.74, 6) is 3.03. The Balaban J connectivity index is 1.34. The summed E-state index contributed by atoms with van der Waals surface area (Å²) in [5.41, 5.74) is 0.954. The minimum atomic E-state index is 0.475. The summed E-state index contributed by atoms with van der Waals surface area (Å²) in [7, 11) is 0. The Kier molecular flexibility index (Phi) is 3.67. The molecule has 0 N–H and O–H groups in total. The van der Waals surface area contributed by atoms with Gasteiger partial charge in [0.2, 0.25) is 11.8 Å². The van der Waals surface area contributed by atoms with Gasteiger partial charge in [-0.3, -0.25) is 0 Å². The highest BCUT2D eigenvalue weighted by molar-refractivity contribution is 7.98. The number of aryl methyl sites for hydroxylation is 1. The highest BCUT2D eigenvalue weighted by atomic mass is 32.2. The molecule has 114 valence electrons. The molecule has 0 atom stereocenters. The van der Waals surface area contributed by atoms with Crippen molar-refractivity contribution in [3.63, 3.8) is 0 Å². The Morgan fingerprint density at radius 2 is 2.23 bits per heavy atom. The van der Waals surface area contributed by atoms with Crippen LogP contribution in [0.2, 0.25) is 0 Å². The van der Waals surface area contributed by atoms with E-state index in [4.69, 9.17) is 8.94 Å². The minimum absolute atomic E-state index is 0.475. The lowest BCUT2D eigenvalue weighted by atomic mass is 10.3. The number of hydrogen-bond acceptors (Lipinski definition) is 9. The number of thiazole rings is 1. The highest BCUT2D eigenvalue weighted by Crippen LogP contribution is 2.39. The van der Waals surface area contributed by atoms with Gasteiger partial charge in [0.15, 0.2) is 5.82 Å². The largest absolute Gasteiger partial charge is 0.416 e. The predicted octanol–water partition coefficient (Wildman–Crippen LogP) is 2.98. The maximum atomic E-state index is 5.60. The van der Waals surface area contributed by atoms with Crippen molar-refractivity contribution in [2.45, 2.75) is 43.1 Å². The Bertz CT molecular complexity index is 777. The number of rotatable bonds is 6. The van der Waals surface area contributed by atoms with Gasteiger partial charge in [-0.05, 0) is 19.8 Å². The zero-order valence-corrected chi connectivity index (χ0v) is 13.5. The lowest BCUT2D eigenvalue weighted by Crippen LogP contribution is -1.88. The van der Waals surface area contributed by atoms with E-state index in [0.29, 0.717) is 35.0 Å². The summed E-state index contributed by atoms with van der Waals surface area (Å²) in [6.07, 6.45) is 2.86.